The molecule has 0 saturated carbocycles. The Morgan fingerprint density at radius 1 is 1.30 bits per heavy atom. The number of aryl methyl sites for hydroxylation is 1. The van der Waals surface area contributed by atoms with Crippen LogP contribution in [0.3, 0.4) is 0 Å². The van der Waals surface area contributed by atoms with E-state index in [4.69, 9.17) is 4.74 Å². The smallest absolute Gasteiger partial charge is 0.310 e. The zero-order valence-corrected chi connectivity index (χ0v) is 11.9. The van der Waals surface area contributed by atoms with Gasteiger partial charge in [0.2, 0.25) is 5.91 Å². The zero-order valence-electron chi connectivity index (χ0n) is 11.9. The Balaban J connectivity index is 1.65. The molecule has 4 nitrogen and oxygen atoms in total. The van der Waals surface area contributed by atoms with Gasteiger partial charge in [-0.05, 0) is 24.8 Å². The van der Waals surface area contributed by atoms with Crippen molar-refractivity contribution in [2.45, 2.75) is 26.2 Å². The van der Waals surface area contributed by atoms with E-state index < -0.39 is 0 Å². The monoisotopic (exact) mass is 275 g/mol. The summed E-state index contributed by atoms with van der Waals surface area (Å²) < 4.78 is 5.30. The molecule has 0 N–H and O–H groups in total. The third kappa shape index (κ3) is 4.08. The lowest BCUT2D eigenvalue weighted by Crippen LogP contribution is -2.28. The van der Waals surface area contributed by atoms with Crippen LogP contribution in [0.15, 0.2) is 30.3 Å². The number of hydrogen-bond donors (Lipinski definition) is 0. The van der Waals surface area contributed by atoms with Crippen LogP contribution in [0.4, 0.5) is 0 Å². The minimum Gasteiger partial charge on any atom is -0.465 e. The number of carbonyl (C=O) groups excluding carboxylic acids is 2. The summed E-state index contributed by atoms with van der Waals surface area (Å²) in [6, 6.07) is 10.2. The second-order valence-electron chi connectivity index (χ2n) is 5.21. The Labute approximate surface area is 119 Å². The highest BCUT2D eigenvalue weighted by Gasteiger charge is 2.30. The average Bonchev–Trinajstić information content (AvgIpc) is 2.94. The highest BCUT2D eigenvalue weighted by atomic mass is 16.5. The summed E-state index contributed by atoms with van der Waals surface area (Å²) in [5.74, 6) is -0.276. The van der Waals surface area contributed by atoms with E-state index in [1.807, 2.05) is 18.2 Å². The number of carbonyl (C=O) groups is 2. The van der Waals surface area contributed by atoms with Crippen molar-refractivity contribution >= 4 is 11.9 Å². The summed E-state index contributed by atoms with van der Waals surface area (Å²) >= 11 is 0. The van der Waals surface area contributed by atoms with Crippen LogP contribution >= 0.6 is 0 Å². The molecular formula is C16H21NO3. The fourth-order valence-electron chi connectivity index (χ4n) is 2.45. The van der Waals surface area contributed by atoms with Gasteiger partial charge in [-0.2, -0.15) is 0 Å². The number of benzene rings is 1. The Morgan fingerprint density at radius 2 is 2.05 bits per heavy atom. The molecule has 4 heteroatoms. The van der Waals surface area contributed by atoms with Gasteiger partial charge in [-0.3, -0.25) is 9.59 Å². The van der Waals surface area contributed by atoms with Crippen molar-refractivity contribution in [3.05, 3.63) is 35.9 Å². The number of hydrogen-bond acceptors (Lipinski definition) is 3. The van der Waals surface area contributed by atoms with E-state index in [0.717, 1.165) is 19.3 Å². The SMILES string of the molecule is CC(=O)N1CCC(C(=O)OCCCc2ccccc2)C1. The van der Waals surface area contributed by atoms with E-state index in [2.05, 4.69) is 12.1 Å². The van der Waals surface area contributed by atoms with E-state index in [-0.39, 0.29) is 17.8 Å². The second-order valence-corrected chi connectivity index (χ2v) is 5.21. The zero-order chi connectivity index (χ0) is 14.4. The molecule has 1 unspecified atom stereocenters. The largest absolute Gasteiger partial charge is 0.465 e. The minimum atomic E-state index is -0.165. The highest BCUT2D eigenvalue weighted by Crippen LogP contribution is 2.17. The fourth-order valence-corrected chi connectivity index (χ4v) is 2.45. The van der Waals surface area contributed by atoms with Gasteiger partial charge < -0.3 is 9.64 Å². The first-order valence-corrected chi connectivity index (χ1v) is 7.13. The van der Waals surface area contributed by atoms with Gasteiger partial charge in [-0.25, -0.2) is 0 Å². The van der Waals surface area contributed by atoms with Crippen LogP contribution in [0.25, 0.3) is 0 Å². The normalized spacial score (nSPS) is 18.1. The van der Waals surface area contributed by atoms with Gasteiger partial charge in [0.25, 0.3) is 0 Å². The van der Waals surface area contributed by atoms with Crippen molar-refractivity contribution in [2.24, 2.45) is 5.92 Å². The Kier molecular flexibility index (Phi) is 5.16. The minimum absolute atomic E-state index is 0.0318. The molecule has 20 heavy (non-hydrogen) atoms. The molecule has 108 valence electrons. The lowest BCUT2D eigenvalue weighted by molar-refractivity contribution is -0.148. The van der Waals surface area contributed by atoms with Crippen molar-refractivity contribution in [3.63, 3.8) is 0 Å². The van der Waals surface area contributed by atoms with Gasteiger partial charge in [0, 0.05) is 20.0 Å². The molecule has 0 radical (unpaired) electrons. The van der Waals surface area contributed by atoms with Crippen LogP contribution < -0.4 is 0 Å². The van der Waals surface area contributed by atoms with E-state index in [0.29, 0.717) is 19.7 Å². The van der Waals surface area contributed by atoms with Gasteiger partial charge in [0.1, 0.15) is 0 Å². The molecule has 1 atom stereocenters. The number of amides is 1. The quantitative estimate of drug-likeness (QED) is 0.610. The summed E-state index contributed by atoms with van der Waals surface area (Å²) in [6.07, 6.45) is 2.47. The summed E-state index contributed by atoms with van der Waals surface area (Å²) in [4.78, 5) is 24.8. The summed E-state index contributed by atoms with van der Waals surface area (Å²) in [7, 11) is 0. The lowest BCUT2D eigenvalue weighted by atomic mass is 10.1. The maximum atomic E-state index is 11.9. The molecule has 1 aromatic carbocycles. The molecule has 1 amide bonds. The number of likely N-dealkylation sites (tertiary alicyclic amines) is 1. The van der Waals surface area contributed by atoms with Crippen molar-refractivity contribution < 1.29 is 14.3 Å². The molecule has 0 aromatic heterocycles. The Hall–Kier alpha value is -1.84. The van der Waals surface area contributed by atoms with Gasteiger partial charge in [0.05, 0.1) is 12.5 Å². The van der Waals surface area contributed by atoms with Crippen LogP contribution in [0.2, 0.25) is 0 Å². The number of rotatable bonds is 5. The Morgan fingerprint density at radius 3 is 2.70 bits per heavy atom. The van der Waals surface area contributed by atoms with Crippen LogP contribution in [-0.2, 0) is 20.7 Å². The van der Waals surface area contributed by atoms with E-state index in [1.165, 1.54) is 12.5 Å². The molecule has 0 aliphatic carbocycles. The standard InChI is InChI=1S/C16H21NO3/c1-13(18)17-10-9-15(12-17)16(19)20-11-5-8-14-6-3-2-4-7-14/h2-4,6-7,15H,5,8-12H2,1H3. The predicted octanol–water partition coefficient (Wildman–Crippen LogP) is 2.03. The molecule has 2 rings (SSSR count). The molecule has 1 fully saturated rings. The van der Waals surface area contributed by atoms with Gasteiger partial charge in [-0.15, -0.1) is 0 Å². The van der Waals surface area contributed by atoms with Crippen LogP contribution in [-0.4, -0.2) is 36.5 Å². The molecule has 1 heterocycles. The van der Waals surface area contributed by atoms with E-state index >= 15 is 0 Å². The first-order valence-electron chi connectivity index (χ1n) is 7.13. The molecule has 1 aliphatic rings. The van der Waals surface area contributed by atoms with Crippen molar-refractivity contribution in [1.82, 2.24) is 4.90 Å². The predicted molar refractivity (Wildman–Crippen MR) is 76.1 cm³/mol. The number of esters is 1. The van der Waals surface area contributed by atoms with Crippen molar-refractivity contribution in [2.75, 3.05) is 19.7 Å². The second kappa shape index (κ2) is 7.08. The first-order chi connectivity index (χ1) is 9.66. The maximum Gasteiger partial charge on any atom is 0.310 e. The molecule has 0 spiro atoms. The topological polar surface area (TPSA) is 46.6 Å². The van der Waals surface area contributed by atoms with Crippen LogP contribution in [0.5, 0.6) is 0 Å². The van der Waals surface area contributed by atoms with Crippen molar-refractivity contribution in [3.8, 4) is 0 Å². The first kappa shape index (κ1) is 14.6. The fraction of sp³-hybridized carbons (Fsp3) is 0.500. The summed E-state index contributed by atoms with van der Waals surface area (Å²) in [5.41, 5.74) is 1.26. The third-order valence-corrected chi connectivity index (χ3v) is 3.66. The molecule has 1 saturated heterocycles. The maximum absolute atomic E-state index is 11.9. The summed E-state index contributed by atoms with van der Waals surface area (Å²) in [6.45, 7) is 3.16. The molecule has 0 bridgehead atoms. The number of ether oxygens (including phenoxy) is 1. The number of nitrogens with zero attached hydrogens (tertiary/aromatic N) is 1. The van der Waals surface area contributed by atoms with Gasteiger partial charge in [-0.1, -0.05) is 30.3 Å². The lowest BCUT2D eigenvalue weighted by Gasteiger charge is -2.13. The molecular weight excluding hydrogens is 254 g/mol. The van der Waals surface area contributed by atoms with Crippen LogP contribution in [0, 0.1) is 5.92 Å². The third-order valence-electron chi connectivity index (χ3n) is 3.66. The van der Waals surface area contributed by atoms with E-state index in [1.54, 1.807) is 4.90 Å². The average molecular weight is 275 g/mol. The highest BCUT2D eigenvalue weighted by molar-refractivity contribution is 5.77. The molecule has 1 aliphatic heterocycles. The molecule has 1 aromatic rings. The Bertz CT molecular complexity index is 458. The van der Waals surface area contributed by atoms with Gasteiger partial charge >= 0.3 is 5.97 Å². The van der Waals surface area contributed by atoms with Crippen molar-refractivity contribution in [1.29, 1.82) is 0 Å². The van der Waals surface area contributed by atoms with Crippen LogP contribution in [0.1, 0.15) is 25.3 Å². The van der Waals surface area contributed by atoms with Gasteiger partial charge in [0.15, 0.2) is 0 Å². The van der Waals surface area contributed by atoms with E-state index in [9.17, 15) is 9.59 Å². The summed E-state index contributed by atoms with van der Waals surface area (Å²) in [5, 5.41) is 0.